The van der Waals surface area contributed by atoms with Crippen molar-refractivity contribution in [3.05, 3.63) is 126 Å². The van der Waals surface area contributed by atoms with Crippen molar-refractivity contribution < 1.29 is 4.52 Å². The van der Waals surface area contributed by atoms with Gasteiger partial charge in [0.2, 0.25) is 0 Å². The first-order valence-corrected chi connectivity index (χ1v) is 12.0. The number of aryl methyl sites for hydroxylation is 2. The van der Waals surface area contributed by atoms with Crippen LogP contribution in [0.15, 0.2) is 102 Å². The number of nitriles is 1. The smallest absolute Gasteiger partial charge is 0.141 e. The van der Waals surface area contributed by atoms with Gasteiger partial charge in [-0.1, -0.05) is 53.7 Å². The first-order chi connectivity index (χ1) is 18.1. The molecule has 0 spiro atoms. The van der Waals surface area contributed by atoms with E-state index < -0.39 is 0 Å². The molecule has 0 aliphatic heterocycles. The Hall–Kier alpha value is -5.02. The highest BCUT2D eigenvalue weighted by Gasteiger charge is 2.23. The molecule has 37 heavy (non-hydrogen) atoms. The number of pyridine rings is 2. The van der Waals surface area contributed by atoms with Gasteiger partial charge < -0.3 is 9.09 Å². The molecular weight excluding hydrogens is 458 g/mol. The van der Waals surface area contributed by atoms with E-state index in [0.29, 0.717) is 5.69 Å². The van der Waals surface area contributed by atoms with Crippen LogP contribution in [0.5, 0.6) is 0 Å². The Kier molecular flexibility index (Phi) is 5.59. The number of benzene rings is 2. The van der Waals surface area contributed by atoms with Crippen LogP contribution in [0.3, 0.4) is 0 Å². The predicted octanol–water partition coefficient (Wildman–Crippen LogP) is 6.88. The lowest BCUT2D eigenvalue weighted by atomic mass is 10.00. The zero-order chi connectivity index (χ0) is 25.4. The van der Waals surface area contributed by atoms with Crippen molar-refractivity contribution in [3.63, 3.8) is 0 Å². The minimum Gasteiger partial charge on any atom is -0.361 e. The van der Waals surface area contributed by atoms with Gasteiger partial charge in [0.1, 0.15) is 23.6 Å². The molecule has 0 amide bonds. The molecule has 6 rings (SSSR count). The maximum atomic E-state index is 9.23. The van der Waals surface area contributed by atoms with E-state index in [1.807, 2.05) is 44.3 Å². The second kappa shape index (κ2) is 9.21. The Morgan fingerprint density at radius 2 is 1.70 bits per heavy atom. The molecule has 4 aromatic heterocycles. The highest BCUT2D eigenvalue weighted by molar-refractivity contribution is 5.98. The summed E-state index contributed by atoms with van der Waals surface area (Å²) >= 11 is 0. The van der Waals surface area contributed by atoms with Gasteiger partial charge >= 0.3 is 0 Å². The second-order valence-corrected chi connectivity index (χ2v) is 8.99. The lowest BCUT2D eigenvalue weighted by Crippen LogP contribution is -2.12. The number of hydrogen-bond acceptors (Lipinski definition) is 5. The predicted molar refractivity (Wildman–Crippen MR) is 143 cm³/mol. The van der Waals surface area contributed by atoms with Crippen LogP contribution in [0, 0.1) is 25.2 Å². The number of hydrogen-bond donors (Lipinski definition) is 0. The van der Waals surface area contributed by atoms with Crippen molar-refractivity contribution in [1.29, 1.82) is 5.26 Å². The molecule has 0 N–H and O–H groups in total. The average Bonchev–Trinajstić information content (AvgIpc) is 3.49. The van der Waals surface area contributed by atoms with Gasteiger partial charge in [0.25, 0.3) is 0 Å². The zero-order valence-corrected chi connectivity index (χ0v) is 20.5. The molecule has 0 fully saturated rings. The Morgan fingerprint density at radius 1 is 0.892 bits per heavy atom. The van der Waals surface area contributed by atoms with Crippen LogP contribution in [-0.4, -0.2) is 19.7 Å². The van der Waals surface area contributed by atoms with E-state index in [-0.39, 0.29) is 6.04 Å². The van der Waals surface area contributed by atoms with Gasteiger partial charge in [-0.25, -0.2) is 4.98 Å². The van der Waals surface area contributed by atoms with E-state index in [1.54, 1.807) is 12.3 Å². The van der Waals surface area contributed by atoms with Gasteiger partial charge in [0.05, 0.1) is 16.9 Å². The summed E-state index contributed by atoms with van der Waals surface area (Å²) < 4.78 is 7.75. The van der Waals surface area contributed by atoms with Gasteiger partial charge in [0, 0.05) is 40.7 Å². The molecule has 0 unspecified atom stereocenters. The molecule has 2 aromatic carbocycles. The summed E-state index contributed by atoms with van der Waals surface area (Å²) in [5, 5.41) is 14.5. The molecule has 0 aliphatic rings. The highest BCUT2D eigenvalue weighted by Crippen LogP contribution is 2.39. The molecule has 178 valence electrons. The number of rotatable bonds is 5. The summed E-state index contributed by atoms with van der Waals surface area (Å²) in [6, 6.07) is 28.5. The van der Waals surface area contributed by atoms with E-state index in [1.165, 1.54) is 0 Å². The largest absolute Gasteiger partial charge is 0.361 e. The summed E-state index contributed by atoms with van der Waals surface area (Å²) in [6.45, 7) is 3.90. The molecule has 0 bridgehead atoms. The topological polar surface area (TPSA) is 80.5 Å². The third kappa shape index (κ3) is 3.97. The third-order valence-corrected chi connectivity index (χ3v) is 6.71. The van der Waals surface area contributed by atoms with Crippen molar-refractivity contribution in [2.75, 3.05) is 0 Å². The van der Waals surface area contributed by atoms with Gasteiger partial charge in [-0.05, 0) is 55.3 Å². The van der Waals surface area contributed by atoms with Crippen LogP contribution >= 0.6 is 0 Å². The second-order valence-electron chi connectivity index (χ2n) is 8.99. The monoisotopic (exact) mass is 481 g/mol. The van der Waals surface area contributed by atoms with Gasteiger partial charge in [0.15, 0.2) is 0 Å². The normalized spacial score (nSPS) is 11.9. The quantitative estimate of drug-likeness (QED) is 0.268. The van der Waals surface area contributed by atoms with Crippen LogP contribution in [0.4, 0.5) is 0 Å². The lowest BCUT2D eigenvalue weighted by molar-refractivity contribution is 0.393. The van der Waals surface area contributed by atoms with Gasteiger partial charge in [-0.15, -0.1) is 0 Å². The number of nitrogens with zero attached hydrogens (tertiary/aromatic N) is 5. The summed E-state index contributed by atoms with van der Waals surface area (Å²) in [7, 11) is 0. The molecule has 6 aromatic rings. The van der Waals surface area contributed by atoms with E-state index in [4.69, 9.17) is 9.51 Å². The first kappa shape index (κ1) is 22.4. The van der Waals surface area contributed by atoms with E-state index in [0.717, 1.165) is 55.9 Å². The Morgan fingerprint density at radius 3 is 2.38 bits per heavy atom. The number of fused-ring (bicyclic) bond motifs is 1. The first-order valence-electron chi connectivity index (χ1n) is 12.0. The van der Waals surface area contributed by atoms with Crippen molar-refractivity contribution in [2.24, 2.45) is 0 Å². The van der Waals surface area contributed by atoms with E-state index in [9.17, 15) is 5.26 Å². The van der Waals surface area contributed by atoms with Crippen molar-refractivity contribution in [2.45, 2.75) is 19.9 Å². The summed E-state index contributed by atoms with van der Waals surface area (Å²) in [5.74, 6) is 0.788. The van der Waals surface area contributed by atoms with Crippen LogP contribution in [0.1, 0.15) is 34.4 Å². The van der Waals surface area contributed by atoms with Crippen molar-refractivity contribution >= 4 is 10.9 Å². The average molecular weight is 482 g/mol. The van der Waals surface area contributed by atoms with E-state index >= 15 is 0 Å². The highest BCUT2D eigenvalue weighted by atomic mass is 16.5. The molecule has 6 heteroatoms. The van der Waals surface area contributed by atoms with Crippen LogP contribution in [-0.2, 0) is 0 Å². The lowest BCUT2D eigenvalue weighted by Gasteiger charge is -2.21. The molecule has 1 atom stereocenters. The van der Waals surface area contributed by atoms with Gasteiger partial charge in [-0.3, -0.25) is 4.98 Å². The van der Waals surface area contributed by atoms with Crippen LogP contribution in [0.2, 0.25) is 0 Å². The summed E-state index contributed by atoms with van der Waals surface area (Å²) in [6.07, 6.45) is 5.76. The fourth-order valence-electron chi connectivity index (χ4n) is 5.01. The summed E-state index contributed by atoms with van der Waals surface area (Å²) in [4.78, 5) is 9.08. The maximum Gasteiger partial charge on any atom is 0.141 e. The van der Waals surface area contributed by atoms with Crippen molar-refractivity contribution in [1.82, 2.24) is 19.7 Å². The fraction of sp³-hybridized carbons (Fsp3) is 0.0968. The third-order valence-electron chi connectivity index (χ3n) is 6.71. The summed E-state index contributed by atoms with van der Waals surface area (Å²) in [5.41, 5.74) is 8.40. The molecule has 0 saturated heterocycles. The minimum absolute atomic E-state index is 0.148. The standard InChI is InChI=1S/C31H23N5O/c1-20-30(21(2)37-35-20)23-12-14-26-27(24-11-13-25(17-32)34-18-24)19-36(29(26)16-23)31(22-8-4-3-5-9-22)28-10-6-7-15-33-28/h3-16,18-19,31H,1-2H3/t31-/m0/s1. The Labute approximate surface area is 214 Å². The molecule has 4 heterocycles. The molecular formula is C31H23N5O. The SMILES string of the molecule is Cc1noc(C)c1-c1ccc2c(-c3ccc(C#N)nc3)cn([C@@H](c3ccccc3)c3ccccn3)c2c1. The number of aromatic nitrogens is 4. The molecule has 6 nitrogen and oxygen atoms in total. The molecule has 0 radical (unpaired) electrons. The Bertz CT molecular complexity index is 1680. The molecule has 0 saturated carbocycles. The maximum absolute atomic E-state index is 9.23. The van der Waals surface area contributed by atoms with Crippen LogP contribution in [0.25, 0.3) is 33.2 Å². The zero-order valence-electron chi connectivity index (χ0n) is 20.5. The van der Waals surface area contributed by atoms with Crippen LogP contribution < -0.4 is 0 Å². The fourth-order valence-corrected chi connectivity index (χ4v) is 5.01. The van der Waals surface area contributed by atoms with Gasteiger partial charge in [-0.2, -0.15) is 5.26 Å². The Balaban J connectivity index is 1.65. The molecule has 0 aliphatic carbocycles. The van der Waals surface area contributed by atoms with Crippen molar-refractivity contribution in [3.8, 4) is 28.3 Å². The minimum atomic E-state index is -0.148. The van der Waals surface area contributed by atoms with E-state index in [2.05, 4.69) is 75.5 Å².